The van der Waals surface area contributed by atoms with Crippen LogP contribution < -0.4 is 10.2 Å². The predicted octanol–water partition coefficient (Wildman–Crippen LogP) is 17.3. The third kappa shape index (κ3) is 52.4. The Morgan fingerprint density at radius 1 is 0.493 bits per heavy atom. The maximum atomic E-state index is 13.5. The lowest BCUT2D eigenvalue weighted by molar-refractivity contribution is -0.870. The summed E-state index contributed by atoms with van der Waals surface area (Å²) in [7, 11) is 1.17. The van der Waals surface area contributed by atoms with E-state index < -0.39 is 26.6 Å². The fourth-order valence-electron chi connectivity index (χ4n) is 8.29. The van der Waals surface area contributed by atoms with Crippen molar-refractivity contribution in [3.8, 4) is 0 Å². The molecule has 0 aromatic rings. The summed E-state index contributed by atoms with van der Waals surface area (Å²) in [5.74, 6) is -0.569. The molecule has 0 saturated heterocycles. The number of quaternary nitrogens is 1. The molecule has 3 unspecified atom stereocenters. The number of hydrogen-bond donors (Lipinski definition) is 1. The van der Waals surface area contributed by atoms with Crippen molar-refractivity contribution < 1.29 is 37.3 Å². The Hall–Kier alpha value is -2.29. The highest BCUT2D eigenvalue weighted by atomic mass is 31.2. The van der Waals surface area contributed by atoms with E-state index in [1.165, 1.54) is 135 Å². The summed E-state index contributed by atoms with van der Waals surface area (Å²) in [6.07, 6.45) is 63.2. The maximum Gasteiger partial charge on any atom is 0.306 e. The molecule has 0 radical (unpaired) electrons. The molecule has 9 nitrogen and oxygen atoms in total. The van der Waals surface area contributed by atoms with Crippen molar-refractivity contribution in [1.29, 1.82) is 0 Å². The second-order valence-electron chi connectivity index (χ2n) is 21.1. The molecular formula is C61H113N2O7P. The number of nitrogens with zero attached hydrogens (tertiary/aromatic N) is 1. The molecule has 0 spiro atoms. The van der Waals surface area contributed by atoms with Crippen LogP contribution in [0.3, 0.4) is 0 Å². The van der Waals surface area contributed by atoms with Gasteiger partial charge in [0.25, 0.3) is 7.82 Å². The van der Waals surface area contributed by atoms with Crippen molar-refractivity contribution in [1.82, 2.24) is 5.32 Å². The van der Waals surface area contributed by atoms with Crippen molar-refractivity contribution in [2.45, 2.75) is 277 Å². The van der Waals surface area contributed by atoms with E-state index in [-0.39, 0.29) is 31.3 Å². The minimum absolute atomic E-state index is 0.0286. The van der Waals surface area contributed by atoms with Gasteiger partial charge in [0.2, 0.25) is 5.91 Å². The number of likely N-dealkylation sites (N-methyl/N-ethyl adjacent to an activating group) is 1. The molecule has 0 aliphatic heterocycles. The van der Waals surface area contributed by atoms with E-state index in [0.717, 1.165) is 89.9 Å². The molecule has 71 heavy (non-hydrogen) atoms. The zero-order valence-electron chi connectivity index (χ0n) is 47.2. The SMILES string of the molecule is CCCCC/C=C\C/C=C\C/C=C\CCCCCCC(=O)NC(COP(=O)([O-])OCC[N+](C)(C)C)C(/C=C/CCCCCCCCCCCCC)OC(=O)CCCCCCCCC/C=C\CCCCCC. The monoisotopic (exact) mass is 1020 g/mol. The number of rotatable bonds is 53. The number of nitrogens with one attached hydrogen (secondary N) is 1. The van der Waals surface area contributed by atoms with E-state index >= 15 is 0 Å². The number of phosphoric acid groups is 1. The molecule has 0 aromatic carbocycles. The van der Waals surface area contributed by atoms with Crippen LogP contribution in [0, 0.1) is 0 Å². The number of esters is 1. The molecule has 3 atom stereocenters. The zero-order valence-corrected chi connectivity index (χ0v) is 48.1. The second-order valence-corrected chi connectivity index (χ2v) is 22.6. The first kappa shape index (κ1) is 68.7. The molecular weight excluding hydrogens is 904 g/mol. The van der Waals surface area contributed by atoms with Crippen LogP contribution in [0.2, 0.25) is 0 Å². The number of amides is 1. The first-order valence-corrected chi connectivity index (χ1v) is 31.1. The molecule has 0 aromatic heterocycles. The van der Waals surface area contributed by atoms with Gasteiger partial charge in [-0.2, -0.15) is 0 Å². The van der Waals surface area contributed by atoms with E-state index in [0.29, 0.717) is 17.4 Å². The average molecular weight is 1020 g/mol. The van der Waals surface area contributed by atoms with Gasteiger partial charge in [0, 0.05) is 12.8 Å². The molecule has 0 saturated carbocycles. The summed E-state index contributed by atoms with van der Waals surface area (Å²) >= 11 is 0. The van der Waals surface area contributed by atoms with Gasteiger partial charge in [0.15, 0.2) is 0 Å². The second kappa shape index (κ2) is 51.2. The van der Waals surface area contributed by atoms with Crippen molar-refractivity contribution in [3.05, 3.63) is 60.8 Å². The van der Waals surface area contributed by atoms with Gasteiger partial charge < -0.3 is 28.5 Å². The van der Waals surface area contributed by atoms with Gasteiger partial charge in [-0.1, -0.05) is 217 Å². The largest absolute Gasteiger partial charge is 0.756 e. The van der Waals surface area contributed by atoms with Crippen LogP contribution in [0.25, 0.3) is 0 Å². The molecule has 1 N–H and O–H groups in total. The standard InChI is InChI=1S/C61H113N2O7P/c1-7-10-13-16-19-22-25-28-30-31-33-35-38-41-44-47-50-53-60(64)62-58(57-69-71(66,67)68-56-55-63(4,5)6)59(52-49-46-43-40-37-34-27-24-21-18-15-12-9-3)70-61(65)54-51-48-45-42-39-36-32-29-26-23-20-17-14-11-8-2/h19,22-23,26,28,30,33,35,49,52,58-59H,7-18,20-21,24-25,27,29,31-32,34,36-48,50-51,53-57H2,1-6H3,(H-,62,64,66,67)/b22-19-,26-23-,30-28-,35-33-,52-49+. The predicted molar refractivity (Wildman–Crippen MR) is 302 cm³/mol. The highest BCUT2D eigenvalue weighted by Gasteiger charge is 2.27. The van der Waals surface area contributed by atoms with Crippen LogP contribution in [-0.4, -0.2) is 69.4 Å². The van der Waals surface area contributed by atoms with E-state index in [1.807, 2.05) is 33.3 Å². The Morgan fingerprint density at radius 3 is 1.34 bits per heavy atom. The van der Waals surface area contributed by atoms with E-state index in [2.05, 4.69) is 74.7 Å². The van der Waals surface area contributed by atoms with E-state index in [9.17, 15) is 19.0 Å². The van der Waals surface area contributed by atoms with Gasteiger partial charge in [0.05, 0.1) is 33.8 Å². The third-order valence-electron chi connectivity index (χ3n) is 12.9. The lowest BCUT2D eigenvalue weighted by Crippen LogP contribution is -2.47. The normalized spacial score (nSPS) is 14.2. The van der Waals surface area contributed by atoms with Crippen molar-refractivity contribution in [3.63, 3.8) is 0 Å². The van der Waals surface area contributed by atoms with Gasteiger partial charge in [-0.25, -0.2) is 0 Å². The maximum absolute atomic E-state index is 13.5. The summed E-state index contributed by atoms with van der Waals surface area (Å²) in [4.78, 5) is 39.9. The Balaban J connectivity index is 5.40. The highest BCUT2D eigenvalue weighted by molar-refractivity contribution is 7.45. The molecule has 0 bridgehead atoms. The number of hydrogen-bond acceptors (Lipinski definition) is 7. The minimum Gasteiger partial charge on any atom is -0.756 e. The van der Waals surface area contributed by atoms with Crippen molar-refractivity contribution in [2.75, 3.05) is 40.9 Å². The summed E-state index contributed by atoms with van der Waals surface area (Å²) in [6, 6.07) is -0.902. The van der Waals surface area contributed by atoms with Crippen LogP contribution in [0.1, 0.15) is 265 Å². The van der Waals surface area contributed by atoms with Crippen molar-refractivity contribution >= 4 is 19.7 Å². The summed E-state index contributed by atoms with van der Waals surface area (Å²) in [5, 5.41) is 3.01. The number of allylic oxidation sites excluding steroid dienone is 9. The average Bonchev–Trinajstić information content (AvgIpc) is 3.33. The first-order chi connectivity index (χ1) is 34.4. The molecule has 0 fully saturated rings. The lowest BCUT2D eigenvalue weighted by Gasteiger charge is -2.30. The Bertz CT molecular complexity index is 1400. The zero-order chi connectivity index (χ0) is 52.2. The molecule has 0 aliphatic rings. The lowest BCUT2D eigenvalue weighted by atomic mass is 10.0. The smallest absolute Gasteiger partial charge is 0.306 e. The van der Waals surface area contributed by atoms with Crippen LogP contribution in [0.5, 0.6) is 0 Å². The number of unbranched alkanes of at least 4 members (excludes halogenated alkanes) is 29. The third-order valence-corrected chi connectivity index (χ3v) is 13.9. The van der Waals surface area contributed by atoms with E-state index in [1.54, 1.807) is 0 Å². The van der Waals surface area contributed by atoms with E-state index in [4.69, 9.17) is 13.8 Å². The summed E-state index contributed by atoms with van der Waals surface area (Å²) in [6.45, 7) is 6.79. The number of carbonyl (C=O) groups is 2. The Kier molecular flexibility index (Phi) is 49.6. The highest BCUT2D eigenvalue weighted by Crippen LogP contribution is 2.38. The van der Waals surface area contributed by atoms with Gasteiger partial charge in [-0.05, 0) is 96.0 Å². The Labute approximate surface area is 439 Å². The van der Waals surface area contributed by atoms with Crippen LogP contribution in [0.15, 0.2) is 60.8 Å². The molecule has 0 heterocycles. The Morgan fingerprint density at radius 2 is 0.859 bits per heavy atom. The molecule has 0 aliphatic carbocycles. The number of carbonyl (C=O) groups excluding carboxylic acids is 2. The molecule has 1 amide bonds. The molecule has 414 valence electrons. The van der Waals surface area contributed by atoms with Crippen LogP contribution in [-0.2, 0) is 27.9 Å². The van der Waals surface area contributed by atoms with Crippen LogP contribution in [0.4, 0.5) is 0 Å². The minimum atomic E-state index is -4.70. The summed E-state index contributed by atoms with van der Waals surface area (Å²) in [5.41, 5.74) is 0. The molecule has 0 rings (SSSR count). The quantitative estimate of drug-likeness (QED) is 0.0212. The van der Waals surface area contributed by atoms with Crippen LogP contribution >= 0.6 is 7.82 Å². The fraction of sp³-hybridized carbons (Fsp3) is 0.803. The van der Waals surface area contributed by atoms with Gasteiger partial charge in [-0.3, -0.25) is 14.2 Å². The fourth-order valence-corrected chi connectivity index (χ4v) is 9.01. The number of phosphoric ester groups is 1. The van der Waals surface area contributed by atoms with Gasteiger partial charge in [-0.15, -0.1) is 0 Å². The topological polar surface area (TPSA) is 114 Å². The summed E-state index contributed by atoms with van der Waals surface area (Å²) < 4.78 is 30.3. The number of ether oxygens (including phenoxy) is 1. The van der Waals surface area contributed by atoms with Crippen molar-refractivity contribution in [2.24, 2.45) is 0 Å². The first-order valence-electron chi connectivity index (χ1n) is 29.6. The van der Waals surface area contributed by atoms with Gasteiger partial charge >= 0.3 is 5.97 Å². The van der Waals surface area contributed by atoms with Gasteiger partial charge in [0.1, 0.15) is 19.3 Å². The molecule has 10 heteroatoms.